The van der Waals surface area contributed by atoms with E-state index in [0.717, 1.165) is 0 Å². The first-order valence-corrected chi connectivity index (χ1v) is 6.60. The summed E-state index contributed by atoms with van der Waals surface area (Å²) in [6.07, 6.45) is -3.09. The second-order valence-electron chi connectivity index (χ2n) is 4.98. The summed E-state index contributed by atoms with van der Waals surface area (Å²) in [5.41, 5.74) is 5.29. The monoisotopic (exact) mass is 320 g/mol. The van der Waals surface area contributed by atoms with Crippen LogP contribution in [0.4, 0.5) is 0 Å². The number of carboxylic acids is 1. The lowest BCUT2D eigenvalue weighted by atomic mass is 10.1. The van der Waals surface area contributed by atoms with Crippen LogP contribution >= 0.6 is 0 Å². The highest BCUT2D eigenvalue weighted by Crippen LogP contribution is 2.30. The van der Waals surface area contributed by atoms with Crippen LogP contribution in [0.5, 0.6) is 0 Å². The van der Waals surface area contributed by atoms with Gasteiger partial charge in [-0.2, -0.15) is 0 Å². The zero-order valence-corrected chi connectivity index (χ0v) is 11.5. The third-order valence-corrected chi connectivity index (χ3v) is 3.44. The number of carboxylic acid groups (broad SMARTS) is 1. The number of carbonyl (C=O) groups is 2. The molecule has 0 aliphatic carbocycles. The van der Waals surface area contributed by atoms with Crippen LogP contribution in [0.25, 0.3) is 0 Å². The van der Waals surface area contributed by atoms with E-state index in [-0.39, 0.29) is 26.1 Å². The fourth-order valence-corrected chi connectivity index (χ4v) is 2.36. The first-order chi connectivity index (χ1) is 10.4. The number of carbonyl (C=O) groups excluding carboxylic acids is 1. The van der Waals surface area contributed by atoms with Crippen molar-refractivity contribution in [3.05, 3.63) is 10.1 Å². The summed E-state index contributed by atoms with van der Waals surface area (Å²) >= 11 is 0. The van der Waals surface area contributed by atoms with Crippen molar-refractivity contribution in [2.45, 2.75) is 43.3 Å². The van der Waals surface area contributed by atoms with Gasteiger partial charge in [-0.3, -0.25) is 9.59 Å². The Balaban J connectivity index is 1.79. The molecule has 11 heteroatoms. The first kappa shape index (κ1) is 16.4. The van der Waals surface area contributed by atoms with E-state index in [4.69, 9.17) is 25.1 Å². The van der Waals surface area contributed by atoms with Crippen LogP contribution in [0.3, 0.4) is 0 Å². The maximum Gasteiger partial charge on any atom is 0.320 e. The first-order valence-electron chi connectivity index (χ1n) is 6.60. The summed E-state index contributed by atoms with van der Waals surface area (Å²) < 4.78 is 15.8. The van der Waals surface area contributed by atoms with E-state index in [0.29, 0.717) is 0 Å². The highest BCUT2D eigenvalue weighted by Gasteiger charge is 2.51. The number of nitrogens with two attached hydrogens (primary N) is 1. The van der Waals surface area contributed by atoms with Crippen LogP contribution in [0.1, 0.15) is 12.8 Å². The molecule has 2 rings (SSSR count). The van der Waals surface area contributed by atoms with Gasteiger partial charge in [0.15, 0.2) is 12.2 Å². The van der Waals surface area contributed by atoms with Gasteiger partial charge in [0.05, 0.1) is 13.2 Å². The van der Waals surface area contributed by atoms with Gasteiger partial charge < -0.3 is 29.9 Å². The van der Waals surface area contributed by atoms with Crippen LogP contribution in [0, 0.1) is 10.1 Å². The summed E-state index contributed by atoms with van der Waals surface area (Å²) in [5.74, 6) is -1.83. The minimum atomic E-state index is -1.20. The summed E-state index contributed by atoms with van der Waals surface area (Å²) in [6, 6.07) is -1.14. The van der Waals surface area contributed by atoms with Crippen LogP contribution in [-0.4, -0.2) is 65.8 Å². The third-order valence-electron chi connectivity index (χ3n) is 3.44. The Kier molecular flexibility index (Phi) is 5.11. The highest BCUT2D eigenvalue weighted by atomic mass is 17.0. The van der Waals surface area contributed by atoms with Crippen molar-refractivity contribution in [1.29, 1.82) is 0 Å². The van der Waals surface area contributed by atoms with Gasteiger partial charge in [0.1, 0.15) is 18.2 Å². The minimum Gasteiger partial charge on any atom is -0.480 e. The van der Waals surface area contributed by atoms with Gasteiger partial charge in [-0.05, 0) is 6.42 Å². The molecule has 0 bridgehead atoms. The Labute approximate surface area is 124 Å². The van der Waals surface area contributed by atoms with E-state index in [1.165, 1.54) is 0 Å². The summed E-state index contributed by atoms with van der Waals surface area (Å²) in [6.45, 7) is -0.00210. The lowest BCUT2D eigenvalue weighted by Crippen LogP contribution is -2.36. The zero-order chi connectivity index (χ0) is 16.3. The lowest BCUT2D eigenvalue weighted by molar-refractivity contribution is -0.769. The average Bonchev–Trinajstić information content (AvgIpc) is 3.00. The fraction of sp³-hybridized carbons (Fsp3) is 0.818. The van der Waals surface area contributed by atoms with E-state index in [1.807, 2.05) is 0 Å². The summed E-state index contributed by atoms with van der Waals surface area (Å²) in [7, 11) is 0. The summed E-state index contributed by atoms with van der Waals surface area (Å²) in [4.78, 5) is 37.0. The molecule has 11 nitrogen and oxygen atoms in total. The van der Waals surface area contributed by atoms with Crippen LogP contribution in [0.2, 0.25) is 0 Å². The molecular formula is C11H16N2O9. The normalized spacial score (nSPS) is 31.3. The fourth-order valence-electron chi connectivity index (χ4n) is 2.36. The van der Waals surface area contributed by atoms with Crippen LogP contribution in [0.15, 0.2) is 0 Å². The molecule has 0 radical (unpaired) electrons. The molecule has 2 fully saturated rings. The quantitative estimate of drug-likeness (QED) is 0.319. The number of nitrogens with zero attached hydrogens (tertiary/aromatic N) is 1. The van der Waals surface area contributed by atoms with Gasteiger partial charge in [0.2, 0.25) is 0 Å². The van der Waals surface area contributed by atoms with Gasteiger partial charge in [-0.15, -0.1) is 10.1 Å². The van der Waals surface area contributed by atoms with E-state index in [1.54, 1.807) is 0 Å². The number of rotatable bonds is 7. The molecule has 2 heterocycles. The molecule has 2 aliphatic rings. The number of hydrogen-bond acceptors (Lipinski definition) is 9. The number of ether oxygens (including phenoxy) is 3. The van der Waals surface area contributed by atoms with Gasteiger partial charge in [0, 0.05) is 6.42 Å². The van der Waals surface area contributed by atoms with Crippen molar-refractivity contribution in [3.8, 4) is 0 Å². The molecule has 22 heavy (non-hydrogen) atoms. The average molecular weight is 320 g/mol. The Morgan fingerprint density at radius 3 is 2.50 bits per heavy atom. The van der Waals surface area contributed by atoms with E-state index in [9.17, 15) is 19.7 Å². The molecule has 0 aromatic carbocycles. The van der Waals surface area contributed by atoms with Gasteiger partial charge in [-0.25, -0.2) is 0 Å². The molecule has 2 saturated heterocycles. The molecule has 0 spiro atoms. The van der Waals surface area contributed by atoms with Crippen molar-refractivity contribution >= 4 is 11.9 Å². The Morgan fingerprint density at radius 1 is 1.32 bits per heavy atom. The second kappa shape index (κ2) is 6.85. The number of esters is 1. The van der Waals surface area contributed by atoms with Crippen molar-refractivity contribution in [1.82, 2.24) is 0 Å². The molecule has 2 aliphatic heterocycles. The standard InChI is InChI=1S/C11H16N2O9/c12-5(11(15)16)1-2-8(14)21-6-3-19-10-7(22-13(17)18)4-20-9(6)10/h5-7,9-10H,1-4,12H2,(H,15,16)/t5-,6-,7+,9-,10+/m0/s1. The number of aliphatic carboxylic acids is 1. The largest absolute Gasteiger partial charge is 0.480 e. The predicted octanol–water partition coefficient (Wildman–Crippen LogP) is -1.54. The maximum absolute atomic E-state index is 11.7. The molecule has 124 valence electrons. The van der Waals surface area contributed by atoms with Gasteiger partial charge in [0.25, 0.3) is 5.09 Å². The molecule has 0 unspecified atom stereocenters. The van der Waals surface area contributed by atoms with Crippen LogP contribution < -0.4 is 5.73 Å². The number of fused-ring (bicyclic) bond motifs is 1. The second-order valence-corrected chi connectivity index (χ2v) is 4.98. The molecule has 3 N–H and O–H groups in total. The van der Waals surface area contributed by atoms with Crippen molar-refractivity contribution in [3.63, 3.8) is 0 Å². The Bertz CT molecular complexity index is 457. The van der Waals surface area contributed by atoms with Gasteiger partial charge in [-0.1, -0.05) is 0 Å². The maximum atomic E-state index is 11.7. The van der Waals surface area contributed by atoms with Gasteiger partial charge >= 0.3 is 11.9 Å². The highest BCUT2D eigenvalue weighted by molar-refractivity contribution is 5.75. The Morgan fingerprint density at radius 2 is 1.91 bits per heavy atom. The topological polar surface area (TPSA) is 160 Å². The van der Waals surface area contributed by atoms with Crippen molar-refractivity contribution in [2.75, 3.05) is 13.2 Å². The molecular weight excluding hydrogens is 304 g/mol. The number of hydrogen-bond donors (Lipinski definition) is 2. The third kappa shape index (κ3) is 3.81. The zero-order valence-electron chi connectivity index (χ0n) is 11.5. The molecule has 0 amide bonds. The molecule has 0 aromatic heterocycles. The van der Waals surface area contributed by atoms with E-state index >= 15 is 0 Å². The lowest BCUT2D eigenvalue weighted by Gasteiger charge is -2.17. The van der Waals surface area contributed by atoms with Crippen molar-refractivity contribution in [2.24, 2.45) is 5.73 Å². The van der Waals surface area contributed by atoms with Crippen molar-refractivity contribution < 1.29 is 38.8 Å². The summed E-state index contributed by atoms with van der Waals surface area (Å²) in [5, 5.41) is 18.0. The molecule has 5 atom stereocenters. The SMILES string of the molecule is N[C@@H](CCC(=O)O[C@H]1CO[C@H]2[C@H]1OC[C@H]2O[N+](=O)[O-])C(=O)O. The van der Waals surface area contributed by atoms with Crippen LogP contribution in [-0.2, 0) is 28.6 Å². The minimum absolute atomic E-state index is 0.0314. The Hall–Kier alpha value is -1.98. The van der Waals surface area contributed by atoms with E-state index in [2.05, 4.69) is 4.84 Å². The predicted molar refractivity (Wildman–Crippen MR) is 66.1 cm³/mol. The smallest absolute Gasteiger partial charge is 0.320 e. The molecule has 0 saturated carbocycles. The van der Waals surface area contributed by atoms with E-state index < -0.39 is 47.5 Å². The molecule has 0 aromatic rings.